The second-order valence-corrected chi connectivity index (χ2v) is 6.43. The molecular formula is C16H24ClN. The van der Waals surface area contributed by atoms with Crippen molar-refractivity contribution in [3.05, 3.63) is 34.9 Å². The lowest BCUT2D eigenvalue weighted by Crippen LogP contribution is -2.42. The third kappa shape index (κ3) is 2.73. The van der Waals surface area contributed by atoms with Gasteiger partial charge in [0, 0.05) is 23.0 Å². The van der Waals surface area contributed by atoms with Crippen molar-refractivity contribution >= 4 is 11.6 Å². The Morgan fingerprint density at radius 2 is 2.00 bits per heavy atom. The van der Waals surface area contributed by atoms with Crippen molar-refractivity contribution in [1.29, 1.82) is 0 Å². The second kappa shape index (κ2) is 5.63. The van der Waals surface area contributed by atoms with E-state index in [4.69, 9.17) is 11.6 Å². The summed E-state index contributed by atoms with van der Waals surface area (Å²) >= 11 is 6.01. The number of halogens is 1. The number of hydrogen-bond acceptors (Lipinski definition) is 1. The van der Waals surface area contributed by atoms with Crippen molar-refractivity contribution in [3.63, 3.8) is 0 Å². The summed E-state index contributed by atoms with van der Waals surface area (Å²) < 4.78 is 0. The lowest BCUT2D eigenvalue weighted by atomic mass is 9.73. The van der Waals surface area contributed by atoms with Gasteiger partial charge in [0.1, 0.15) is 0 Å². The Hall–Kier alpha value is -0.530. The van der Waals surface area contributed by atoms with E-state index in [2.05, 4.69) is 38.2 Å². The molecule has 0 saturated heterocycles. The molecule has 1 saturated carbocycles. The van der Waals surface area contributed by atoms with E-state index in [0.717, 1.165) is 17.5 Å². The van der Waals surface area contributed by atoms with Gasteiger partial charge in [0.05, 0.1) is 0 Å². The van der Waals surface area contributed by atoms with Crippen LogP contribution >= 0.6 is 11.6 Å². The molecule has 1 aliphatic rings. The molecule has 0 aromatic heterocycles. The molecule has 18 heavy (non-hydrogen) atoms. The first-order chi connectivity index (χ1) is 8.54. The first-order valence-electron chi connectivity index (χ1n) is 7.04. The summed E-state index contributed by atoms with van der Waals surface area (Å²) in [6, 6.07) is 9.03. The first kappa shape index (κ1) is 13.9. The Bertz CT molecular complexity index is 385. The van der Waals surface area contributed by atoms with Crippen LogP contribution in [0, 0.1) is 5.92 Å². The molecule has 2 unspecified atom stereocenters. The smallest absolute Gasteiger partial charge is 0.0406 e. The summed E-state index contributed by atoms with van der Waals surface area (Å²) in [7, 11) is 0. The van der Waals surface area contributed by atoms with Gasteiger partial charge < -0.3 is 5.32 Å². The van der Waals surface area contributed by atoms with Crippen LogP contribution in [-0.2, 0) is 5.41 Å². The molecule has 1 aromatic carbocycles. The molecule has 2 rings (SSSR count). The SMILES string of the molecule is CC(C)NCC1(c2ccc(Cl)cc2)CCCC1C. The fourth-order valence-electron chi connectivity index (χ4n) is 3.21. The molecule has 2 atom stereocenters. The fourth-order valence-corrected chi connectivity index (χ4v) is 3.33. The molecule has 1 aliphatic carbocycles. The van der Waals surface area contributed by atoms with Crippen LogP contribution in [0.2, 0.25) is 5.02 Å². The summed E-state index contributed by atoms with van der Waals surface area (Å²) in [4.78, 5) is 0. The largest absolute Gasteiger partial charge is 0.314 e. The van der Waals surface area contributed by atoms with Gasteiger partial charge in [-0.1, -0.05) is 50.9 Å². The zero-order chi connectivity index (χ0) is 13.2. The third-order valence-electron chi connectivity index (χ3n) is 4.45. The maximum absolute atomic E-state index is 6.01. The van der Waals surface area contributed by atoms with Crippen LogP contribution in [0.3, 0.4) is 0 Å². The quantitative estimate of drug-likeness (QED) is 0.851. The molecule has 1 nitrogen and oxygen atoms in total. The normalized spacial score (nSPS) is 27.9. The van der Waals surface area contributed by atoms with Crippen LogP contribution in [0.15, 0.2) is 24.3 Å². The molecule has 1 N–H and O–H groups in total. The van der Waals surface area contributed by atoms with Gasteiger partial charge in [0.2, 0.25) is 0 Å². The highest BCUT2D eigenvalue weighted by atomic mass is 35.5. The topological polar surface area (TPSA) is 12.0 Å². The maximum atomic E-state index is 6.01. The standard InChI is InChI=1S/C16H24ClN/c1-12(2)18-11-16(10-4-5-13(16)3)14-6-8-15(17)9-7-14/h6-9,12-13,18H,4-5,10-11H2,1-3H3. The van der Waals surface area contributed by atoms with E-state index >= 15 is 0 Å². The molecule has 0 heterocycles. The molecular weight excluding hydrogens is 242 g/mol. The van der Waals surface area contributed by atoms with Gasteiger partial charge in [0.25, 0.3) is 0 Å². The predicted octanol–water partition coefficient (Wildman–Crippen LogP) is 4.40. The van der Waals surface area contributed by atoms with Crippen LogP contribution in [-0.4, -0.2) is 12.6 Å². The number of rotatable bonds is 4. The van der Waals surface area contributed by atoms with Crippen molar-refractivity contribution < 1.29 is 0 Å². The van der Waals surface area contributed by atoms with Crippen molar-refractivity contribution in [2.24, 2.45) is 5.92 Å². The third-order valence-corrected chi connectivity index (χ3v) is 4.70. The van der Waals surface area contributed by atoms with Crippen molar-refractivity contribution in [2.45, 2.75) is 51.5 Å². The minimum atomic E-state index is 0.300. The van der Waals surface area contributed by atoms with Gasteiger partial charge in [-0.25, -0.2) is 0 Å². The van der Waals surface area contributed by atoms with E-state index in [1.54, 1.807) is 0 Å². The van der Waals surface area contributed by atoms with Crippen LogP contribution in [0.4, 0.5) is 0 Å². The van der Waals surface area contributed by atoms with E-state index < -0.39 is 0 Å². The highest BCUT2D eigenvalue weighted by Crippen LogP contribution is 2.45. The summed E-state index contributed by atoms with van der Waals surface area (Å²) in [6.07, 6.45) is 3.96. The van der Waals surface area contributed by atoms with Gasteiger partial charge in [0.15, 0.2) is 0 Å². The second-order valence-electron chi connectivity index (χ2n) is 5.99. The number of nitrogens with one attached hydrogen (secondary N) is 1. The molecule has 1 fully saturated rings. The lowest BCUT2D eigenvalue weighted by molar-refractivity contribution is 0.308. The van der Waals surface area contributed by atoms with Crippen LogP contribution < -0.4 is 5.32 Å². The zero-order valence-electron chi connectivity index (χ0n) is 11.7. The summed E-state index contributed by atoms with van der Waals surface area (Å²) in [6.45, 7) is 7.90. The Balaban J connectivity index is 2.27. The average Bonchev–Trinajstić information content (AvgIpc) is 2.70. The van der Waals surface area contributed by atoms with E-state index in [0.29, 0.717) is 11.5 Å². The Morgan fingerprint density at radius 3 is 2.50 bits per heavy atom. The molecule has 0 amide bonds. The minimum Gasteiger partial charge on any atom is -0.314 e. The number of benzene rings is 1. The van der Waals surface area contributed by atoms with Crippen molar-refractivity contribution in [3.8, 4) is 0 Å². The summed E-state index contributed by atoms with van der Waals surface area (Å²) in [5.74, 6) is 0.741. The molecule has 1 aromatic rings. The van der Waals surface area contributed by atoms with E-state index in [1.165, 1.54) is 24.8 Å². The Morgan fingerprint density at radius 1 is 1.33 bits per heavy atom. The number of hydrogen-bond donors (Lipinski definition) is 1. The highest BCUT2D eigenvalue weighted by Gasteiger charge is 2.41. The molecule has 100 valence electrons. The van der Waals surface area contributed by atoms with E-state index in [-0.39, 0.29) is 0 Å². The van der Waals surface area contributed by atoms with Gasteiger partial charge in [-0.3, -0.25) is 0 Å². The van der Waals surface area contributed by atoms with Gasteiger partial charge in [-0.05, 0) is 36.5 Å². The lowest BCUT2D eigenvalue weighted by Gasteiger charge is -2.36. The van der Waals surface area contributed by atoms with E-state index in [9.17, 15) is 0 Å². The van der Waals surface area contributed by atoms with Gasteiger partial charge in [-0.2, -0.15) is 0 Å². The molecule has 0 aliphatic heterocycles. The van der Waals surface area contributed by atoms with Crippen molar-refractivity contribution in [1.82, 2.24) is 5.32 Å². The Kier molecular flexibility index (Phi) is 4.34. The highest BCUT2D eigenvalue weighted by molar-refractivity contribution is 6.30. The zero-order valence-corrected chi connectivity index (χ0v) is 12.4. The Labute approximate surface area is 116 Å². The van der Waals surface area contributed by atoms with Crippen LogP contribution in [0.25, 0.3) is 0 Å². The van der Waals surface area contributed by atoms with Crippen molar-refractivity contribution in [2.75, 3.05) is 6.54 Å². The molecule has 2 heteroatoms. The average molecular weight is 266 g/mol. The first-order valence-corrected chi connectivity index (χ1v) is 7.42. The minimum absolute atomic E-state index is 0.300. The van der Waals surface area contributed by atoms with Gasteiger partial charge in [-0.15, -0.1) is 0 Å². The van der Waals surface area contributed by atoms with Crippen LogP contribution in [0.5, 0.6) is 0 Å². The molecule has 0 radical (unpaired) electrons. The van der Waals surface area contributed by atoms with Gasteiger partial charge >= 0.3 is 0 Å². The summed E-state index contributed by atoms with van der Waals surface area (Å²) in [5, 5.41) is 4.47. The fraction of sp³-hybridized carbons (Fsp3) is 0.625. The van der Waals surface area contributed by atoms with Crippen LogP contribution in [0.1, 0.15) is 45.6 Å². The monoisotopic (exact) mass is 265 g/mol. The molecule has 0 spiro atoms. The predicted molar refractivity (Wildman–Crippen MR) is 79.3 cm³/mol. The summed E-state index contributed by atoms with van der Waals surface area (Å²) in [5.41, 5.74) is 1.75. The molecule has 0 bridgehead atoms. The maximum Gasteiger partial charge on any atom is 0.0406 e. The van der Waals surface area contributed by atoms with E-state index in [1.807, 2.05) is 12.1 Å².